The lowest BCUT2D eigenvalue weighted by Gasteiger charge is -2.02. The zero-order valence-electron chi connectivity index (χ0n) is 6.80. The van der Waals surface area contributed by atoms with Crippen molar-refractivity contribution in [2.24, 2.45) is 5.92 Å². The summed E-state index contributed by atoms with van der Waals surface area (Å²) in [4.78, 5) is 15.1. The molecule has 1 aromatic heterocycles. The molecule has 0 aliphatic carbocycles. The monoisotopic (exact) mass is 248 g/mol. The lowest BCUT2D eigenvalue weighted by molar-refractivity contribution is -0.118. The van der Waals surface area contributed by atoms with Gasteiger partial charge in [0.2, 0.25) is 5.91 Å². The molecule has 0 spiro atoms. The summed E-state index contributed by atoms with van der Waals surface area (Å²) in [6, 6.07) is 0. The summed E-state index contributed by atoms with van der Waals surface area (Å²) < 4.78 is 0.918. The number of carbonyl (C=O) groups is 1. The highest BCUT2D eigenvalue weighted by atomic mass is 79.9. The Morgan fingerprint density at radius 1 is 1.75 bits per heavy atom. The molecule has 0 unspecified atom stereocenters. The largest absolute Gasteiger partial charge is 0.302 e. The van der Waals surface area contributed by atoms with Crippen LogP contribution in [0, 0.1) is 5.92 Å². The summed E-state index contributed by atoms with van der Waals surface area (Å²) in [7, 11) is 0. The normalized spacial score (nSPS) is 10.3. The van der Waals surface area contributed by atoms with E-state index in [0.717, 1.165) is 3.79 Å². The predicted molar refractivity (Wildman–Crippen MR) is 53.3 cm³/mol. The Labute approximate surface area is 83.3 Å². The highest BCUT2D eigenvalue weighted by Gasteiger charge is 2.08. The first kappa shape index (κ1) is 9.67. The maximum atomic E-state index is 11.2. The molecule has 1 aromatic rings. The average molecular weight is 249 g/mol. The Kier molecular flexibility index (Phi) is 3.22. The first-order chi connectivity index (χ1) is 5.59. The van der Waals surface area contributed by atoms with Gasteiger partial charge in [0, 0.05) is 5.92 Å². The number of carbonyl (C=O) groups excluding carboxylic acids is 1. The van der Waals surface area contributed by atoms with E-state index < -0.39 is 0 Å². The zero-order valence-corrected chi connectivity index (χ0v) is 9.20. The van der Waals surface area contributed by atoms with Gasteiger partial charge in [-0.15, -0.1) is 0 Å². The highest BCUT2D eigenvalue weighted by molar-refractivity contribution is 9.11. The predicted octanol–water partition coefficient (Wildman–Crippen LogP) is 2.50. The van der Waals surface area contributed by atoms with E-state index in [1.807, 2.05) is 13.8 Å². The molecule has 1 amide bonds. The van der Waals surface area contributed by atoms with Gasteiger partial charge >= 0.3 is 0 Å². The van der Waals surface area contributed by atoms with Crippen LogP contribution in [-0.4, -0.2) is 10.9 Å². The third kappa shape index (κ3) is 2.57. The minimum atomic E-state index is -0.00678. The minimum Gasteiger partial charge on any atom is -0.302 e. The molecular weight excluding hydrogens is 240 g/mol. The molecule has 0 aliphatic rings. The molecule has 5 heteroatoms. The summed E-state index contributed by atoms with van der Waals surface area (Å²) in [6.07, 6.45) is 1.67. The van der Waals surface area contributed by atoms with Crippen molar-refractivity contribution in [1.29, 1.82) is 0 Å². The summed E-state index contributed by atoms with van der Waals surface area (Å²) in [5.41, 5.74) is 0. The molecule has 3 nitrogen and oxygen atoms in total. The van der Waals surface area contributed by atoms with Gasteiger partial charge in [0.05, 0.1) is 9.98 Å². The summed E-state index contributed by atoms with van der Waals surface area (Å²) >= 11 is 4.67. The van der Waals surface area contributed by atoms with E-state index in [1.165, 1.54) is 11.3 Å². The van der Waals surface area contributed by atoms with E-state index in [4.69, 9.17) is 0 Å². The van der Waals surface area contributed by atoms with Crippen molar-refractivity contribution in [2.75, 3.05) is 5.32 Å². The molecule has 1 N–H and O–H groups in total. The van der Waals surface area contributed by atoms with Gasteiger partial charge in [-0.25, -0.2) is 4.98 Å². The van der Waals surface area contributed by atoms with Crippen molar-refractivity contribution in [3.63, 3.8) is 0 Å². The van der Waals surface area contributed by atoms with Crippen LogP contribution >= 0.6 is 27.3 Å². The molecular formula is C7H9BrN2OS. The van der Waals surface area contributed by atoms with E-state index in [2.05, 4.69) is 26.2 Å². The lowest BCUT2D eigenvalue weighted by Crippen LogP contribution is -2.17. The Bertz CT molecular complexity index is 285. The molecule has 0 radical (unpaired) electrons. The van der Waals surface area contributed by atoms with Gasteiger partial charge in [-0.1, -0.05) is 25.2 Å². The van der Waals surface area contributed by atoms with Crippen molar-refractivity contribution in [1.82, 2.24) is 4.98 Å². The van der Waals surface area contributed by atoms with Crippen LogP contribution in [0.15, 0.2) is 9.98 Å². The van der Waals surface area contributed by atoms with Crippen LogP contribution in [0.5, 0.6) is 0 Å². The second-order valence-corrected chi connectivity index (χ2v) is 5.02. The molecule has 66 valence electrons. The smallest absolute Gasteiger partial charge is 0.228 e. The van der Waals surface area contributed by atoms with Crippen molar-refractivity contribution in [2.45, 2.75) is 13.8 Å². The van der Waals surface area contributed by atoms with E-state index >= 15 is 0 Å². The Hall–Kier alpha value is -0.420. The van der Waals surface area contributed by atoms with Gasteiger partial charge in [0.25, 0.3) is 0 Å². The van der Waals surface area contributed by atoms with E-state index in [0.29, 0.717) is 5.13 Å². The van der Waals surface area contributed by atoms with Gasteiger partial charge in [-0.2, -0.15) is 0 Å². The van der Waals surface area contributed by atoms with Gasteiger partial charge in [0.15, 0.2) is 5.13 Å². The number of rotatable bonds is 2. The number of nitrogens with one attached hydrogen (secondary N) is 1. The lowest BCUT2D eigenvalue weighted by atomic mass is 10.2. The number of thiazole rings is 1. The van der Waals surface area contributed by atoms with Crippen LogP contribution in [0.1, 0.15) is 13.8 Å². The van der Waals surface area contributed by atoms with Gasteiger partial charge in [-0.3, -0.25) is 4.79 Å². The SMILES string of the molecule is CC(C)C(=O)Nc1ncc(Br)s1. The quantitative estimate of drug-likeness (QED) is 0.874. The van der Waals surface area contributed by atoms with Gasteiger partial charge < -0.3 is 5.32 Å². The molecule has 1 heterocycles. The third-order valence-electron chi connectivity index (χ3n) is 1.23. The van der Waals surface area contributed by atoms with Crippen LogP contribution in [0.4, 0.5) is 5.13 Å². The molecule has 0 atom stereocenters. The van der Waals surface area contributed by atoms with Crippen molar-refractivity contribution in [3.8, 4) is 0 Å². The first-order valence-electron chi connectivity index (χ1n) is 3.52. The van der Waals surface area contributed by atoms with E-state index in [1.54, 1.807) is 6.20 Å². The number of halogens is 1. The van der Waals surface area contributed by atoms with Crippen LogP contribution < -0.4 is 5.32 Å². The van der Waals surface area contributed by atoms with Crippen LogP contribution in [-0.2, 0) is 4.79 Å². The van der Waals surface area contributed by atoms with Crippen molar-refractivity contribution < 1.29 is 4.79 Å². The van der Waals surface area contributed by atoms with Gasteiger partial charge in [-0.05, 0) is 15.9 Å². The van der Waals surface area contributed by atoms with Crippen molar-refractivity contribution in [3.05, 3.63) is 9.98 Å². The Balaban J connectivity index is 2.58. The van der Waals surface area contributed by atoms with E-state index in [9.17, 15) is 4.79 Å². The fraction of sp³-hybridized carbons (Fsp3) is 0.429. The molecule has 1 rings (SSSR count). The van der Waals surface area contributed by atoms with Gasteiger partial charge in [0.1, 0.15) is 0 Å². The Morgan fingerprint density at radius 3 is 2.83 bits per heavy atom. The van der Waals surface area contributed by atoms with Crippen LogP contribution in [0.2, 0.25) is 0 Å². The third-order valence-corrected chi connectivity index (χ3v) is 2.62. The van der Waals surface area contributed by atoms with Crippen molar-refractivity contribution >= 4 is 38.3 Å². The number of hydrogen-bond acceptors (Lipinski definition) is 3. The number of anilines is 1. The van der Waals surface area contributed by atoms with Crippen LogP contribution in [0.3, 0.4) is 0 Å². The molecule has 0 fully saturated rings. The number of aromatic nitrogens is 1. The minimum absolute atomic E-state index is 0.00292. The first-order valence-corrected chi connectivity index (χ1v) is 5.12. The molecule has 0 aromatic carbocycles. The zero-order chi connectivity index (χ0) is 9.14. The maximum absolute atomic E-state index is 11.2. The molecule has 12 heavy (non-hydrogen) atoms. The maximum Gasteiger partial charge on any atom is 0.228 e. The number of amides is 1. The second-order valence-electron chi connectivity index (χ2n) is 2.61. The molecule has 0 bridgehead atoms. The molecule has 0 saturated carbocycles. The van der Waals surface area contributed by atoms with E-state index in [-0.39, 0.29) is 11.8 Å². The highest BCUT2D eigenvalue weighted by Crippen LogP contribution is 2.23. The number of hydrogen-bond donors (Lipinski definition) is 1. The molecule has 0 aliphatic heterocycles. The topological polar surface area (TPSA) is 42.0 Å². The standard InChI is InChI=1S/C7H9BrN2OS/c1-4(2)6(11)10-7-9-3-5(8)12-7/h3-4H,1-2H3,(H,9,10,11). The number of nitrogens with zero attached hydrogens (tertiary/aromatic N) is 1. The summed E-state index contributed by atoms with van der Waals surface area (Å²) in [6.45, 7) is 3.69. The average Bonchev–Trinajstić information content (AvgIpc) is 2.35. The second kappa shape index (κ2) is 4.00. The Morgan fingerprint density at radius 2 is 2.42 bits per heavy atom. The fourth-order valence-electron chi connectivity index (χ4n) is 0.562. The summed E-state index contributed by atoms with van der Waals surface area (Å²) in [5, 5.41) is 3.34. The molecule has 0 saturated heterocycles. The fourth-order valence-corrected chi connectivity index (χ4v) is 1.67. The van der Waals surface area contributed by atoms with Crippen LogP contribution in [0.25, 0.3) is 0 Å². The summed E-state index contributed by atoms with van der Waals surface area (Å²) in [5.74, 6) is -0.00970.